The molecule has 1 unspecified atom stereocenters. The average molecular weight is 278 g/mol. The van der Waals surface area contributed by atoms with E-state index >= 15 is 0 Å². The first kappa shape index (κ1) is 16.7. The third-order valence-electron chi connectivity index (χ3n) is 3.59. The first-order chi connectivity index (χ1) is 9.74. The van der Waals surface area contributed by atoms with E-state index in [1.807, 2.05) is 0 Å². The molecule has 0 spiro atoms. The van der Waals surface area contributed by atoms with E-state index in [0.717, 1.165) is 25.7 Å². The average Bonchev–Trinajstić information content (AvgIpc) is 2.44. The van der Waals surface area contributed by atoms with Crippen molar-refractivity contribution in [3.05, 3.63) is 24.8 Å². The van der Waals surface area contributed by atoms with Gasteiger partial charge in [0.05, 0.1) is 12.5 Å². The molecule has 0 saturated carbocycles. The highest BCUT2D eigenvalue weighted by Crippen LogP contribution is 2.14. The van der Waals surface area contributed by atoms with Crippen molar-refractivity contribution >= 4 is 11.8 Å². The van der Waals surface area contributed by atoms with Crippen LogP contribution in [0, 0.1) is 5.92 Å². The molecule has 112 valence electrons. The maximum atomic E-state index is 11.8. The van der Waals surface area contributed by atoms with Gasteiger partial charge in [-0.3, -0.25) is 9.59 Å². The first-order valence-electron chi connectivity index (χ1n) is 7.70. The van der Waals surface area contributed by atoms with E-state index in [1.165, 1.54) is 12.8 Å². The molecule has 20 heavy (non-hydrogen) atoms. The standard InChI is InChI=1S/C17H26O3/c1-2-15-12-13-16(18)11-9-7-5-3-4-6-8-10-14-20-17(15)19/h2,6,8,15H,1,3-5,7,9-14H2. The van der Waals surface area contributed by atoms with E-state index in [0.29, 0.717) is 25.9 Å². The third kappa shape index (κ3) is 7.27. The number of ketones is 1. The molecule has 0 radical (unpaired) electrons. The van der Waals surface area contributed by atoms with Crippen LogP contribution in [0.25, 0.3) is 0 Å². The summed E-state index contributed by atoms with van der Waals surface area (Å²) in [5, 5.41) is 0. The zero-order valence-electron chi connectivity index (χ0n) is 12.3. The lowest BCUT2D eigenvalue weighted by atomic mass is 9.99. The molecule has 3 nitrogen and oxygen atoms in total. The Balaban J connectivity index is 2.49. The number of esters is 1. The van der Waals surface area contributed by atoms with Crippen LogP contribution in [-0.4, -0.2) is 18.4 Å². The van der Waals surface area contributed by atoms with Crippen molar-refractivity contribution in [2.24, 2.45) is 5.92 Å². The largest absolute Gasteiger partial charge is 0.465 e. The number of hydrogen-bond donors (Lipinski definition) is 0. The highest BCUT2D eigenvalue weighted by atomic mass is 16.5. The smallest absolute Gasteiger partial charge is 0.312 e. The van der Waals surface area contributed by atoms with E-state index < -0.39 is 0 Å². The summed E-state index contributed by atoms with van der Waals surface area (Å²) in [5.74, 6) is -0.360. The number of hydrogen-bond acceptors (Lipinski definition) is 3. The lowest BCUT2D eigenvalue weighted by Gasteiger charge is -2.11. The number of carbonyl (C=O) groups is 2. The molecule has 0 aliphatic carbocycles. The number of carbonyl (C=O) groups excluding carboxylic acids is 2. The summed E-state index contributed by atoms with van der Waals surface area (Å²) < 4.78 is 5.21. The van der Waals surface area contributed by atoms with Crippen LogP contribution in [-0.2, 0) is 14.3 Å². The molecule has 0 N–H and O–H groups in total. The van der Waals surface area contributed by atoms with Gasteiger partial charge in [0, 0.05) is 12.8 Å². The van der Waals surface area contributed by atoms with Crippen LogP contribution >= 0.6 is 0 Å². The van der Waals surface area contributed by atoms with Crippen molar-refractivity contribution in [3.8, 4) is 0 Å². The van der Waals surface area contributed by atoms with E-state index in [4.69, 9.17) is 4.74 Å². The van der Waals surface area contributed by atoms with Crippen LogP contribution in [0.5, 0.6) is 0 Å². The Bertz CT molecular complexity index is 344. The van der Waals surface area contributed by atoms with Crippen molar-refractivity contribution in [2.75, 3.05) is 6.61 Å². The fraction of sp³-hybridized carbons (Fsp3) is 0.647. The highest BCUT2D eigenvalue weighted by Gasteiger charge is 2.17. The van der Waals surface area contributed by atoms with Gasteiger partial charge in [0.25, 0.3) is 0 Å². The molecule has 0 aromatic carbocycles. The van der Waals surface area contributed by atoms with Gasteiger partial charge < -0.3 is 4.74 Å². The molecule has 3 heteroatoms. The second kappa shape index (κ2) is 10.4. The van der Waals surface area contributed by atoms with Gasteiger partial charge in [-0.05, 0) is 32.1 Å². The molecule has 0 saturated heterocycles. The summed E-state index contributed by atoms with van der Waals surface area (Å²) in [6.45, 7) is 4.07. The van der Waals surface area contributed by atoms with Crippen molar-refractivity contribution in [1.82, 2.24) is 0 Å². The topological polar surface area (TPSA) is 43.4 Å². The van der Waals surface area contributed by atoms with E-state index in [2.05, 4.69) is 18.7 Å². The minimum atomic E-state index is -0.351. The predicted octanol–water partition coefficient (Wildman–Crippen LogP) is 3.98. The van der Waals surface area contributed by atoms with Crippen molar-refractivity contribution < 1.29 is 14.3 Å². The molecular weight excluding hydrogens is 252 g/mol. The van der Waals surface area contributed by atoms with Crippen LogP contribution in [0.4, 0.5) is 0 Å². The Kier molecular flexibility index (Phi) is 8.68. The van der Waals surface area contributed by atoms with Gasteiger partial charge in [0.1, 0.15) is 5.78 Å². The van der Waals surface area contributed by atoms with Gasteiger partial charge in [0.2, 0.25) is 0 Å². The monoisotopic (exact) mass is 278 g/mol. The van der Waals surface area contributed by atoms with Gasteiger partial charge in [-0.2, -0.15) is 0 Å². The number of rotatable bonds is 1. The third-order valence-corrected chi connectivity index (χ3v) is 3.59. The number of Topliss-reactive ketones (excluding diaryl/α,β-unsaturated/α-hetero) is 1. The quantitative estimate of drug-likeness (QED) is 0.538. The van der Waals surface area contributed by atoms with Crippen LogP contribution in [0.3, 0.4) is 0 Å². The number of allylic oxidation sites excluding steroid dienone is 1. The van der Waals surface area contributed by atoms with Gasteiger partial charge in [0.15, 0.2) is 0 Å². The summed E-state index contributed by atoms with van der Waals surface area (Å²) in [5.41, 5.74) is 0. The molecule has 1 aliphatic heterocycles. The summed E-state index contributed by atoms with van der Waals surface area (Å²) in [6, 6.07) is 0. The lowest BCUT2D eigenvalue weighted by Crippen LogP contribution is -2.17. The molecule has 1 atom stereocenters. The Labute approximate surface area is 122 Å². The zero-order valence-corrected chi connectivity index (χ0v) is 12.3. The summed E-state index contributed by atoms with van der Waals surface area (Å²) in [4.78, 5) is 23.6. The van der Waals surface area contributed by atoms with Gasteiger partial charge in [-0.1, -0.05) is 31.1 Å². The first-order valence-corrected chi connectivity index (χ1v) is 7.70. The molecule has 0 aromatic rings. The zero-order chi connectivity index (χ0) is 14.6. The molecule has 1 aliphatic rings. The summed E-state index contributed by atoms with van der Waals surface area (Å²) >= 11 is 0. The Morgan fingerprint density at radius 2 is 1.80 bits per heavy atom. The van der Waals surface area contributed by atoms with E-state index in [-0.39, 0.29) is 17.7 Å². The SMILES string of the molecule is C=CC1CCC(=O)CCCCCCC=CCCOC1=O. The summed E-state index contributed by atoms with van der Waals surface area (Å²) in [7, 11) is 0. The Hall–Kier alpha value is -1.38. The van der Waals surface area contributed by atoms with Gasteiger partial charge >= 0.3 is 5.97 Å². The van der Waals surface area contributed by atoms with Gasteiger partial charge in [-0.25, -0.2) is 0 Å². The maximum Gasteiger partial charge on any atom is 0.312 e. The van der Waals surface area contributed by atoms with Gasteiger partial charge in [-0.15, -0.1) is 6.58 Å². The molecule has 0 aromatic heterocycles. The minimum Gasteiger partial charge on any atom is -0.465 e. The Morgan fingerprint density at radius 3 is 2.60 bits per heavy atom. The highest BCUT2D eigenvalue weighted by molar-refractivity contribution is 5.80. The molecule has 0 fully saturated rings. The van der Waals surface area contributed by atoms with Crippen molar-refractivity contribution in [3.63, 3.8) is 0 Å². The van der Waals surface area contributed by atoms with E-state index in [9.17, 15) is 9.59 Å². The normalized spacial score (nSPS) is 24.1. The second-order valence-corrected chi connectivity index (χ2v) is 5.30. The number of ether oxygens (including phenoxy) is 1. The lowest BCUT2D eigenvalue weighted by molar-refractivity contribution is -0.146. The fourth-order valence-corrected chi connectivity index (χ4v) is 2.28. The number of cyclic esters (lactones) is 1. The maximum absolute atomic E-state index is 11.8. The molecule has 0 amide bonds. The summed E-state index contributed by atoms with van der Waals surface area (Å²) in [6.07, 6.45) is 13.7. The van der Waals surface area contributed by atoms with Crippen LogP contribution in [0.15, 0.2) is 24.8 Å². The van der Waals surface area contributed by atoms with Crippen LogP contribution in [0.2, 0.25) is 0 Å². The molecule has 0 bridgehead atoms. The molecule has 1 heterocycles. The second-order valence-electron chi connectivity index (χ2n) is 5.30. The van der Waals surface area contributed by atoms with Crippen LogP contribution in [0.1, 0.15) is 57.8 Å². The fourth-order valence-electron chi connectivity index (χ4n) is 2.28. The molecular formula is C17H26O3. The van der Waals surface area contributed by atoms with Crippen LogP contribution < -0.4 is 0 Å². The van der Waals surface area contributed by atoms with E-state index in [1.54, 1.807) is 6.08 Å². The Morgan fingerprint density at radius 1 is 1.05 bits per heavy atom. The predicted molar refractivity (Wildman–Crippen MR) is 80.3 cm³/mol. The molecule has 1 rings (SSSR count). The van der Waals surface area contributed by atoms with Crippen molar-refractivity contribution in [2.45, 2.75) is 57.8 Å². The van der Waals surface area contributed by atoms with Crippen molar-refractivity contribution in [1.29, 1.82) is 0 Å². The minimum absolute atomic E-state index is 0.247.